The summed E-state index contributed by atoms with van der Waals surface area (Å²) in [6.07, 6.45) is 4.46. The fourth-order valence-electron chi connectivity index (χ4n) is 3.08. The van der Waals surface area contributed by atoms with Gasteiger partial charge in [0.25, 0.3) is 0 Å². The van der Waals surface area contributed by atoms with Crippen molar-refractivity contribution < 1.29 is 14.2 Å². The summed E-state index contributed by atoms with van der Waals surface area (Å²) >= 11 is 0. The minimum Gasteiger partial charge on any atom is -0.508 e. The summed E-state index contributed by atoms with van der Waals surface area (Å²) in [5.74, 6) is 0.655. The molecule has 3 nitrogen and oxygen atoms in total. The van der Waals surface area contributed by atoms with E-state index < -0.39 is 0 Å². The highest BCUT2D eigenvalue weighted by Crippen LogP contribution is 2.26. The van der Waals surface area contributed by atoms with Crippen molar-refractivity contribution >= 4 is 0 Å². The van der Waals surface area contributed by atoms with Gasteiger partial charge in [0.2, 0.25) is 0 Å². The highest BCUT2D eigenvalue weighted by atomic mass is 19.1. The molecule has 1 N–H and O–H groups in total. The number of nitrogens with zero attached hydrogens (tertiary/aromatic N) is 1. The molecule has 1 aliphatic rings. The van der Waals surface area contributed by atoms with Crippen LogP contribution in [0, 0.1) is 5.82 Å². The van der Waals surface area contributed by atoms with Crippen LogP contribution in [-0.4, -0.2) is 36.2 Å². The summed E-state index contributed by atoms with van der Waals surface area (Å²) in [4.78, 5) is 2.42. The first-order valence-corrected chi connectivity index (χ1v) is 8.62. The highest BCUT2D eigenvalue weighted by Gasteiger charge is 2.10. The molecule has 0 unspecified atom stereocenters. The zero-order chi connectivity index (χ0) is 16.8. The number of phenols is 1. The maximum absolute atomic E-state index is 12.9. The molecule has 0 aromatic heterocycles. The Morgan fingerprint density at radius 2 is 1.75 bits per heavy atom. The van der Waals surface area contributed by atoms with Crippen LogP contribution < -0.4 is 4.74 Å². The smallest absolute Gasteiger partial charge is 0.123 e. The summed E-state index contributed by atoms with van der Waals surface area (Å²) < 4.78 is 18.7. The Kier molecular flexibility index (Phi) is 5.70. The fraction of sp³-hybridized carbons (Fsp3) is 0.400. The van der Waals surface area contributed by atoms with Gasteiger partial charge in [0.05, 0.1) is 0 Å². The van der Waals surface area contributed by atoms with E-state index in [4.69, 9.17) is 4.74 Å². The third-order valence-electron chi connectivity index (χ3n) is 4.49. The maximum Gasteiger partial charge on any atom is 0.123 e. The zero-order valence-electron chi connectivity index (χ0n) is 13.9. The predicted molar refractivity (Wildman–Crippen MR) is 93.1 cm³/mol. The molecular formula is C20H24FNO2. The van der Waals surface area contributed by atoms with Crippen molar-refractivity contribution in [2.75, 3.05) is 26.2 Å². The number of piperidine rings is 1. The average Bonchev–Trinajstić information content (AvgIpc) is 2.60. The minimum atomic E-state index is -0.250. The Labute approximate surface area is 142 Å². The number of likely N-dealkylation sites (tertiary alicyclic amines) is 1. The maximum atomic E-state index is 12.9. The topological polar surface area (TPSA) is 32.7 Å². The highest BCUT2D eigenvalue weighted by molar-refractivity contribution is 5.42. The van der Waals surface area contributed by atoms with E-state index >= 15 is 0 Å². The van der Waals surface area contributed by atoms with Gasteiger partial charge in [-0.05, 0) is 55.3 Å². The van der Waals surface area contributed by atoms with E-state index in [-0.39, 0.29) is 11.6 Å². The molecule has 2 aromatic rings. The molecule has 0 saturated carbocycles. The summed E-state index contributed by atoms with van der Waals surface area (Å²) in [7, 11) is 0. The number of ether oxygens (including phenoxy) is 1. The van der Waals surface area contributed by atoms with Crippen LogP contribution in [0.25, 0.3) is 0 Å². The van der Waals surface area contributed by atoms with E-state index in [2.05, 4.69) is 4.90 Å². The first kappa shape index (κ1) is 16.8. The Hall–Kier alpha value is -2.07. The largest absolute Gasteiger partial charge is 0.508 e. The van der Waals surface area contributed by atoms with E-state index in [1.165, 1.54) is 31.4 Å². The fourth-order valence-corrected chi connectivity index (χ4v) is 3.08. The molecule has 3 rings (SSSR count). The molecule has 24 heavy (non-hydrogen) atoms. The van der Waals surface area contributed by atoms with E-state index in [0.29, 0.717) is 18.8 Å². The minimum absolute atomic E-state index is 0.217. The van der Waals surface area contributed by atoms with Gasteiger partial charge in [-0.15, -0.1) is 0 Å². The molecule has 0 radical (unpaired) electrons. The third kappa shape index (κ3) is 4.71. The number of halogens is 1. The van der Waals surface area contributed by atoms with Crippen LogP contribution in [0.2, 0.25) is 0 Å². The van der Waals surface area contributed by atoms with Gasteiger partial charge < -0.3 is 9.84 Å². The van der Waals surface area contributed by atoms with E-state index in [1.807, 2.05) is 12.1 Å². The first-order valence-electron chi connectivity index (χ1n) is 8.62. The van der Waals surface area contributed by atoms with E-state index in [1.54, 1.807) is 18.2 Å². The lowest BCUT2D eigenvalue weighted by atomic mass is 10.0. The lowest BCUT2D eigenvalue weighted by Crippen LogP contribution is -2.33. The Balaban J connectivity index is 1.53. The second-order valence-electron chi connectivity index (χ2n) is 6.34. The molecule has 1 fully saturated rings. The van der Waals surface area contributed by atoms with Gasteiger partial charge in [0, 0.05) is 19.0 Å². The molecular weight excluding hydrogens is 305 g/mol. The monoisotopic (exact) mass is 329 g/mol. The summed E-state index contributed by atoms with van der Waals surface area (Å²) in [5, 5.41) is 10.2. The molecule has 4 heteroatoms. The number of benzene rings is 2. The van der Waals surface area contributed by atoms with Crippen LogP contribution in [-0.2, 0) is 6.42 Å². The summed E-state index contributed by atoms with van der Waals surface area (Å²) in [5.41, 5.74) is 1.77. The van der Waals surface area contributed by atoms with Crippen molar-refractivity contribution in [2.24, 2.45) is 0 Å². The number of rotatable bonds is 6. The standard InChI is InChI=1S/C20H24FNO2/c21-18-7-4-16(5-8-18)14-17-6-9-19(15-20(17)23)24-13-12-22-10-2-1-3-11-22/h4-9,15,23H,1-3,10-14H2. The van der Waals surface area contributed by atoms with Gasteiger partial charge in [-0.1, -0.05) is 24.6 Å². The molecule has 0 aliphatic carbocycles. The molecule has 0 amide bonds. The molecule has 1 saturated heterocycles. The van der Waals surface area contributed by atoms with Crippen molar-refractivity contribution in [3.8, 4) is 11.5 Å². The third-order valence-corrected chi connectivity index (χ3v) is 4.49. The van der Waals surface area contributed by atoms with Crippen LogP contribution >= 0.6 is 0 Å². The van der Waals surface area contributed by atoms with Crippen LogP contribution in [0.15, 0.2) is 42.5 Å². The van der Waals surface area contributed by atoms with Crippen LogP contribution in [0.1, 0.15) is 30.4 Å². The quantitative estimate of drug-likeness (QED) is 0.870. The van der Waals surface area contributed by atoms with Crippen molar-refractivity contribution in [3.05, 3.63) is 59.4 Å². The SMILES string of the molecule is Oc1cc(OCCN2CCCCC2)ccc1Cc1ccc(F)cc1. The Morgan fingerprint density at radius 3 is 2.46 bits per heavy atom. The molecule has 0 spiro atoms. The lowest BCUT2D eigenvalue weighted by Gasteiger charge is -2.26. The zero-order valence-corrected chi connectivity index (χ0v) is 13.9. The summed E-state index contributed by atoms with van der Waals surface area (Å²) in [6, 6.07) is 11.8. The number of phenolic OH excluding ortho intramolecular Hbond substituents is 1. The van der Waals surface area contributed by atoms with Gasteiger partial charge in [-0.2, -0.15) is 0 Å². The number of hydrogen-bond donors (Lipinski definition) is 1. The number of hydrogen-bond acceptors (Lipinski definition) is 3. The average molecular weight is 329 g/mol. The van der Waals surface area contributed by atoms with Crippen molar-refractivity contribution in [2.45, 2.75) is 25.7 Å². The lowest BCUT2D eigenvalue weighted by molar-refractivity contribution is 0.183. The molecule has 0 bridgehead atoms. The first-order chi connectivity index (χ1) is 11.7. The second-order valence-corrected chi connectivity index (χ2v) is 6.34. The Morgan fingerprint density at radius 1 is 1.00 bits per heavy atom. The van der Waals surface area contributed by atoms with Gasteiger partial charge in [0.15, 0.2) is 0 Å². The van der Waals surface area contributed by atoms with Crippen molar-refractivity contribution in [1.82, 2.24) is 4.90 Å². The van der Waals surface area contributed by atoms with Crippen molar-refractivity contribution in [3.63, 3.8) is 0 Å². The molecule has 1 heterocycles. The Bertz CT molecular complexity index is 651. The van der Waals surface area contributed by atoms with Gasteiger partial charge in [0.1, 0.15) is 23.9 Å². The van der Waals surface area contributed by atoms with Gasteiger partial charge in [-0.25, -0.2) is 4.39 Å². The van der Waals surface area contributed by atoms with Crippen LogP contribution in [0.4, 0.5) is 4.39 Å². The van der Waals surface area contributed by atoms with Gasteiger partial charge >= 0.3 is 0 Å². The predicted octanol–water partition coefficient (Wildman–Crippen LogP) is 3.99. The molecule has 2 aromatic carbocycles. The van der Waals surface area contributed by atoms with Crippen LogP contribution in [0.3, 0.4) is 0 Å². The molecule has 0 atom stereocenters. The van der Waals surface area contributed by atoms with Crippen molar-refractivity contribution in [1.29, 1.82) is 0 Å². The number of aromatic hydroxyl groups is 1. The van der Waals surface area contributed by atoms with Crippen LogP contribution in [0.5, 0.6) is 11.5 Å². The molecule has 128 valence electrons. The molecule has 1 aliphatic heterocycles. The van der Waals surface area contributed by atoms with E-state index in [0.717, 1.165) is 30.8 Å². The second kappa shape index (κ2) is 8.15. The normalized spacial score (nSPS) is 15.4. The van der Waals surface area contributed by atoms with E-state index in [9.17, 15) is 9.50 Å². The summed E-state index contributed by atoms with van der Waals surface area (Å²) in [6.45, 7) is 3.88. The van der Waals surface area contributed by atoms with Gasteiger partial charge in [-0.3, -0.25) is 4.90 Å².